The Morgan fingerprint density at radius 1 is 1.45 bits per heavy atom. The lowest BCUT2D eigenvalue weighted by Gasteiger charge is -2.23. The Balaban J connectivity index is 2.21. The number of likely N-dealkylation sites (N-methyl/N-ethyl adjacent to an activating group) is 1. The quantitative estimate of drug-likeness (QED) is 0.596. The maximum Gasteiger partial charge on any atom is 0.314 e. The topological polar surface area (TPSA) is 90.9 Å². The number of carboxylic acids is 1. The molecule has 0 saturated carbocycles. The molecule has 0 bridgehead atoms. The number of amides is 2. The number of methoxy groups -OCH3 is 1. The van der Waals surface area contributed by atoms with Crippen molar-refractivity contribution in [2.75, 3.05) is 33.3 Å². The normalized spacial score (nSPS) is 20.6. The van der Waals surface area contributed by atoms with Crippen LogP contribution in [0, 0.1) is 0 Å². The maximum atomic E-state index is 11.7. The highest BCUT2D eigenvalue weighted by molar-refractivity contribution is 5.74. The molecule has 0 aliphatic carbocycles. The first-order valence-corrected chi connectivity index (χ1v) is 7.07. The van der Waals surface area contributed by atoms with E-state index in [2.05, 4.69) is 22.5 Å². The maximum absolute atomic E-state index is 11.7. The largest absolute Gasteiger partial charge is 0.481 e. The first-order valence-electron chi connectivity index (χ1n) is 7.07. The Hall–Kier alpha value is -1.34. The fourth-order valence-corrected chi connectivity index (χ4v) is 2.46. The molecule has 2 unspecified atom stereocenters. The zero-order chi connectivity index (χ0) is 15.0. The van der Waals surface area contributed by atoms with E-state index < -0.39 is 12.1 Å². The lowest BCUT2D eigenvalue weighted by molar-refractivity contribution is -0.139. The molecule has 2 amide bonds. The number of carbonyl (C=O) groups excluding carboxylic acids is 1. The summed E-state index contributed by atoms with van der Waals surface area (Å²) in [6, 6.07) is 0.128. The van der Waals surface area contributed by atoms with Gasteiger partial charge in [0.15, 0.2) is 0 Å². The van der Waals surface area contributed by atoms with Crippen LogP contribution in [0.4, 0.5) is 4.79 Å². The van der Waals surface area contributed by atoms with Crippen molar-refractivity contribution in [1.29, 1.82) is 0 Å². The van der Waals surface area contributed by atoms with Crippen LogP contribution in [-0.4, -0.2) is 67.4 Å². The lowest BCUT2D eigenvalue weighted by Crippen LogP contribution is -2.45. The Bertz CT molecular complexity index is 325. The highest BCUT2D eigenvalue weighted by atomic mass is 16.5. The smallest absolute Gasteiger partial charge is 0.314 e. The van der Waals surface area contributed by atoms with Crippen molar-refractivity contribution < 1.29 is 19.4 Å². The molecule has 0 aromatic heterocycles. The fraction of sp³-hybridized carbons (Fsp3) is 0.846. The predicted octanol–water partition coefficient (Wildman–Crippen LogP) is 0.260. The number of hydrogen-bond acceptors (Lipinski definition) is 4. The molecule has 1 aliphatic rings. The Labute approximate surface area is 119 Å². The molecule has 7 heteroatoms. The number of rotatable bonds is 8. The number of ether oxygens (including phenoxy) is 1. The number of nitrogens with one attached hydrogen (secondary N) is 2. The van der Waals surface area contributed by atoms with Gasteiger partial charge in [0.05, 0.1) is 12.5 Å². The summed E-state index contributed by atoms with van der Waals surface area (Å²) in [5.74, 6) is -0.941. The molecule has 1 heterocycles. The number of urea groups is 1. The predicted molar refractivity (Wildman–Crippen MR) is 74.7 cm³/mol. The van der Waals surface area contributed by atoms with Crippen LogP contribution in [0.15, 0.2) is 0 Å². The summed E-state index contributed by atoms with van der Waals surface area (Å²) in [5.41, 5.74) is 0. The molecule has 2 atom stereocenters. The van der Waals surface area contributed by atoms with Crippen LogP contribution >= 0.6 is 0 Å². The van der Waals surface area contributed by atoms with Crippen LogP contribution in [0.5, 0.6) is 0 Å². The van der Waals surface area contributed by atoms with Gasteiger partial charge in [-0.25, -0.2) is 4.79 Å². The number of carboxylic acid groups (broad SMARTS) is 1. The van der Waals surface area contributed by atoms with Gasteiger partial charge in [-0.2, -0.15) is 0 Å². The minimum atomic E-state index is -0.941. The second-order valence-corrected chi connectivity index (χ2v) is 4.97. The summed E-state index contributed by atoms with van der Waals surface area (Å²) in [5, 5.41) is 14.1. The summed E-state index contributed by atoms with van der Waals surface area (Å²) >= 11 is 0. The Morgan fingerprint density at radius 3 is 2.80 bits per heavy atom. The summed E-state index contributed by atoms with van der Waals surface area (Å²) in [6.45, 7) is 5.02. The molecule has 7 nitrogen and oxygen atoms in total. The minimum Gasteiger partial charge on any atom is -0.481 e. The van der Waals surface area contributed by atoms with E-state index >= 15 is 0 Å². The molecule has 20 heavy (non-hydrogen) atoms. The van der Waals surface area contributed by atoms with E-state index in [1.54, 1.807) is 0 Å². The van der Waals surface area contributed by atoms with E-state index in [1.165, 1.54) is 13.5 Å². The molecule has 3 N–H and O–H groups in total. The molecule has 0 aromatic carbocycles. The van der Waals surface area contributed by atoms with Crippen molar-refractivity contribution in [2.45, 2.75) is 38.3 Å². The molecule has 0 aromatic rings. The molecule has 1 saturated heterocycles. The van der Waals surface area contributed by atoms with Crippen LogP contribution in [0.2, 0.25) is 0 Å². The minimum absolute atomic E-state index is 0.122. The van der Waals surface area contributed by atoms with E-state index in [0.717, 1.165) is 19.5 Å². The van der Waals surface area contributed by atoms with Crippen LogP contribution in [0.1, 0.15) is 26.2 Å². The molecular weight excluding hydrogens is 262 g/mol. The first-order chi connectivity index (χ1) is 9.56. The third-order valence-electron chi connectivity index (χ3n) is 3.63. The molecule has 1 rings (SSSR count). The van der Waals surface area contributed by atoms with Gasteiger partial charge in [-0.3, -0.25) is 9.69 Å². The molecule has 1 fully saturated rings. The van der Waals surface area contributed by atoms with Gasteiger partial charge >= 0.3 is 12.0 Å². The van der Waals surface area contributed by atoms with Crippen LogP contribution < -0.4 is 10.6 Å². The van der Waals surface area contributed by atoms with Crippen LogP contribution in [0.25, 0.3) is 0 Å². The van der Waals surface area contributed by atoms with Gasteiger partial charge in [0.2, 0.25) is 0 Å². The van der Waals surface area contributed by atoms with Crippen molar-refractivity contribution in [1.82, 2.24) is 15.5 Å². The average Bonchev–Trinajstić information content (AvgIpc) is 2.88. The highest BCUT2D eigenvalue weighted by Crippen LogP contribution is 2.15. The summed E-state index contributed by atoms with van der Waals surface area (Å²) < 4.78 is 4.99. The second-order valence-electron chi connectivity index (χ2n) is 4.97. The van der Waals surface area contributed by atoms with Gasteiger partial charge in [-0.05, 0) is 25.9 Å². The zero-order valence-corrected chi connectivity index (χ0v) is 12.2. The molecule has 0 radical (unpaired) electrons. The van der Waals surface area contributed by atoms with Crippen molar-refractivity contribution in [3.8, 4) is 0 Å². The number of nitrogens with zero attached hydrogens (tertiary/aromatic N) is 1. The molecule has 1 aliphatic heterocycles. The summed E-state index contributed by atoms with van der Waals surface area (Å²) in [7, 11) is 1.44. The van der Waals surface area contributed by atoms with Gasteiger partial charge in [0.25, 0.3) is 0 Å². The first kappa shape index (κ1) is 16.7. The molecule has 116 valence electrons. The Morgan fingerprint density at radius 2 is 2.20 bits per heavy atom. The van der Waals surface area contributed by atoms with Crippen molar-refractivity contribution >= 4 is 12.0 Å². The molecular formula is C13H25N3O4. The standard InChI is InChI=1S/C13H25N3O4/c1-3-16-6-4-5-10(16)8-14-13(19)15-9-11(20-2)7-12(17)18/h10-11H,3-9H2,1-2H3,(H,17,18)(H2,14,15,19). The van der Waals surface area contributed by atoms with Crippen molar-refractivity contribution in [3.05, 3.63) is 0 Å². The van der Waals surface area contributed by atoms with Crippen molar-refractivity contribution in [3.63, 3.8) is 0 Å². The van der Waals surface area contributed by atoms with Gasteiger partial charge < -0.3 is 20.5 Å². The van der Waals surface area contributed by atoms with Gasteiger partial charge in [-0.15, -0.1) is 0 Å². The fourth-order valence-electron chi connectivity index (χ4n) is 2.46. The number of carbonyl (C=O) groups is 2. The Kier molecular flexibility index (Phi) is 7.32. The van der Waals surface area contributed by atoms with E-state index in [4.69, 9.17) is 9.84 Å². The number of likely N-dealkylation sites (tertiary alicyclic amines) is 1. The third-order valence-corrected chi connectivity index (χ3v) is 3.63. The lowest BCUT2D eigenvalue weighted by atomic mass is 10.2. The summed E-state index contributed by atoms with van der Waals surface area (Å²) in [4.78, 5) is 24.6. The van der Waals surface area contributed by atoms with Crippen LogP contribution in [-0.2, 0) is 9.53 Å². The zero-order valence-electron chi connectivity index (χ0n) is 12.2. The highest BCUT2D eigenvalue weighted by Gasteiger charge is 2.23. The summed E-state index contributed by atoms with van der Waals surface area (Å²) in [6.07, 6.45) is 1.65. The van der Waals surface area contributed by atoms with Crippen molar-refractivity contribution in [2.24, 2.45) is 0 Å². The van der Waals surface area contributed by atoms with Gasteiger partial charge in [-0.1, -0.05) is 6.92 Å². The van der Waals surface area contributed by atoms with E-state index in [9.17, 15) is 9.59 Å². The monoisotopic (exact) mass is 287 g/mol. The second kappa shape index (κ2) is 8.76. The number of aliphatic carboxylic acids is 1. The third kappa shape index (κ3) is 5.75. The molecule has 0 spiro atoms. The van der Waals surface area contributed by atoms with E-state index in [1.807, 2.05) is 0 Å². The SMILES string of the molecule is CCN1CCCC1CNC(=O)NCC(CC(=O)O)OC. The van der Waals surface area contributed by atoms with Gasteiger partial charge in [0.1, 0.15) is 0 Å². The van der Waals surface area contributed by atoms with Gasteiger partial charge in [0, 0.05) is 26.2 Å². The van der Waals surface area contributed by atoms with E-state index in [-0.39, 0.29) is 19.0 Å². The average molecular weight is 287 g/mol. The van der Waals surface area contributed by atoms with E-state index in [0.29, 0.717) is 12.6 Å². The number of hydrogen-bond donors (Lipinski definition) is 3. The van der Waals surface area contributed by atoms with Crippen LogP contribution in [0.3, 0.4) is 0 Å².